The number of benzene rings is 1. The summed E-state index contributed by atoms with van der Waals surface area (Å²) in [6.45, 7) is 0. The van der Waals surface area contributed by atoms with E-state index in [0.717, 1.165) is 12.3 Å². The first-order valence-corrected chi connectivity index (χ1v) is 4.18. The highest BCUT2D eigenvalue weighted by molar-refractivity contribution is 5.86. The van der Waals surface area contributed by atoms with Gasteiger partial charge in [-0.05, 0) is 6.07 Å². The van der Waals surface area contributed by atoms with E-state index in [9.17, 15) is 18.9 Å². The maximum atomic E-state index is 13.1. The quantitative estimate of drug-likeness (QED) is 0.313. The van der Waals surface area contributed by atoms with Gasteiger partial charge in [-0.25, -0.2) is 9.82 Å². The van der Waals surface area contributed by atoms with Crippen LogP contribution < -0.4 is 11.2 Å². The monoisotopic (exact) mass is 243 g/mol. The predicted molar refractivity (Wildman–Crippen MR) is 55.7 cm³/mol. The Morgan fingerprint density at radius 1 is 1.59 bits per heavy atom. The van der Waals surface area contributed by atoms with Crippen molar-refractivity contribution in [1.29, 1.82) is 5.41 Å². The molecule has 0 saturated heterocycles. The van der Waals surface area contributed by atoms with Gasteiger partial charge in [-0.3, -0.25) is 15.5 Å². The highest BCUT2D eigenvalue weighted by atomic mass is 19.1. The second kappa shape index (κ2) is 4.96. The third-order valence-electron chi connectivity index (χ3n) is 1.63. The van der Waals surface area contributed by atoms with Crippen LogP contribution in [0.25, 0.3) is 0 Å². The van der Waals surface area contributed by atoms with Crippen LogP contribution in [0.5, 0.6) is 0 Å². The lowest BCUT2D eigenvalue weighted by molar-refractivity contribution is -0.387. The topological polar surface area (TPSA) is 117 Å². The molecule has 0 radical (unpaired) electrons. The van der Waals surface area contributed by atoms with Crippen molar-refractivity contribution in [2.75, 3.05) is 0 Å². The number of nitrogens with one attached hydrogen (secondary N) is 2. The summed E-state index contributed by atoms with van der Waals surface area (Å²) in [4.78, 5) is 9.55. The van der Waals surface area contributed by atoms with Crippen LogP contribution in [0.3, 0.4) is 0 Å². The normalized spacial score (nSPS) is 10.5. The molecule has 1 rings (SSSR count). The first kappa shape index (κ1) is 12.5. The Morgan fingerprint density at radius 3 is 2.76 bits per heavy atom. The molecule has 0 saturated carbocycles. The number of nitrogens with two attached hydrogens (primary N) is 1. The van der Waals surface area contributed by atoms with Gasteiger partial charge in [-0.2, -0.15) is 9.49 Å². The summed E-state index contributed by atoms with van der Waals surface area (Å²) in [6, 6.07) is 1.14. The molecule has 90 valence electrons. The van der Waals surface area contributed by atoms with Gasteiger partial charge in [-0.15, -0.1) is 0 Å². The van der Waals surface area contributed by atoms with Crippen molar-refractivity contribution >= 4 is 17.9 Å². The lowest BCUT2D eigenvalue weighted by atomic mass is 10.2. The summed E-state index contributed by atoms with van der Waals surface area (Å²) < 4.78 is 26.0. The van der Waals surface area contributed by atoms with Crippen molar-refractivity contribution in [3.05, 3.63) is 39.4 Å². The Balaban J connectivity index is 3.17. The van der Waals surface area contributed by atoms with Crippen LogP contribution in [0.2, 0.25) is 0 Å². The number of rotatable bonds is 3. The lowest BCUT2D eigenvalue weighted by Gasteiger charge is -1.99. The van der Waals surface area contributed by atoms with Crippen LogP contribution in [0.1, 0.15) is 5.56 Å². The van der Waals surface area contributed by atoms with Gasteiger partial charge >= 0.3 is 5.69 Å². The third kappa shape index (κ3) is 3.19. The molecule has 0 spiro atoms. The van der Waals surface area contributed by atoms with Gasteiger partial charge in [0.05, 0.1) is 16.7 Å². The molecule has 7 nitrogen and oxygen atoms in total. The Labute approximate surface area is 93.6 Å². The number of halogens is 2. The fraction of sp³-hybridized carbons (Fsp3) is 0. The number of hydrogen-bond acceptors (Lipinski definition) is 4. The number of hydrogen-bond donors (Lipinski definition) is 3. The van der Waals surface area contributed by atoms with Crippen LogP contribution >= 0.6 is 0 Å². The molecule has 0 aliphatic carbocycles. The molecule has 9 heteroatoms. The molecule has 0 atom stereocenters. The molecule has 0 fully saturated rings. The summed E-state index contributed by atoms with van der Waals surface area (Å²) in [5.74, 6) is -2.79. The van der Waals surface area contributed by atoms with Crippen LogP contribution in [0.4, 0.5) is 14.5 Å². The minimum absolute atomic E-state index is 0.374. The molecule has 0 aliphatic heterocycles. The van der Waals surface area contributed by atoms with Crippen molar-refractivity contribution in [3.63, 3.8) is 0 Å². The van der Waals surface area contributed by atoms with E-state index in [-0.39, 0.29) is 5.56 Å². The number of nitrogens with zero attached hydrogens (tertiary/aromatic N) is 2. The van der Waals surface area contributed by atoms with E-state index in [2.05, 4.69) is 5.10 Å². The molecule has 1 aromatic rings. The molecule has 0 bridgehead atoms. The van der Waals surface area contributed by atoms with Crippen LogP contribution in [0.15, 0.2) is 17.2 Å². The maximum Gasteiger partial charge on any atom is 0.313 e. The number of nitro groups is 1. The largest absolute Gasteiger partial charge is 0.369 e. The zero-order chi connectivity index (χ0) is 13.0. The van der Waals surface area contributed by atoms with Crippen molar-refractivity contribution in [3.8, 4) is 0 Å². The van der Waals surface area contributed by atoms with Gasteiger partial charge in [-0.1, -0.05) is 0 Å². The summed E-state index contributed by atoms with van der Waals surface area (Å²) in [5.41, 5.74) is 5.58. The summed E-state index contributed by atoms with van der Waals surface area (Å²) in [7, 11) is 0. The van der Waals surface area contributed by atoms with E-state index < -0.39 is 28.2 Å². The number of guanidine groups is 1. The smallest absolute Gasteiger partial charge is 0.313 e. The summed E-state index contributed by atoms with van der Waals surface area (Å²) in [6.07, 6.45) is 0.797. The number of hydrazone groups is 1. The van der Waals surface area contributed by atoms with Gasteiger partial charge in [0.1, 0.15) is 5.82 Å². The molecule has 4 N–H and O–H groups in total. The van der Waals surface area contributed by atoms with Crippen molar-refractivity contribution in [1.82, 2.24) is 5.43 Å². The Kier molecular flexibility index (Phi) is 3.65. The van der Waals surface area contributed by atoms with Crippen LogP contribution in [-0.4, -0.2) is 17.1 Å². The molecule has 0 aliphatic rings. The highest BCUT2D eigenvalue weighted by Gasteiger charge is 2.20. The second-order valence-electron chi connectivity index (χ2n) is 2.87. The minimum Gasteiger partial charge on any atom is -0.369 e. The lowest BCUT2D eigenvalue weighted by Crippen LogP contribution is -2.25. The van der Waals surface area contributed by atoms with Crippen LogP contribution in [-0.2, 0) is 0 Å². The predicted octanol–water partition coefficient (Wildman–Crippen LogP) is 0.690. The zero-order valence-electron chi connectivity index (χ0n) is 8.28. The van der Waals surface area contributed by atoms with Crippen molar-refractivity contribution in [2.45, 2.75) is 0 Å². The molecular weight excluding hydrogens is 236 g/mol. The van der Waals surface area contributed by atoms with E-state index in [4.69, 9.17) is 11.1 Å². The van der Waals surface area contributed by atoms with E-state index >= 15 is 0 Å². The summed E-state index contributed by atoms with van der Waals surface area (Å²) in [5, 5.41) is 20.6. The van der Waals surface area contributed by atoms with Gasteiger partial charge in [0.2, 0.25) is 11.8 Å². The molecule has 17 heavy (non-hydrogen) atoms. The van der Waals surface area contributed by atoms with Gasteiger partial charge in [0.15, 0.2) is 0 Å². The highest BCUT2D eigenvalue weighted by Crippen LogP contribution is 2.22. The van der Waals surface area contributed by atoms with E-state index in [1.165, 1.54) is 0 Å². The molecular formula is C8H7F2N5O2. The Bertz CT molecular complexity index is 503. The van der Waals surface area contributed by atoms with Crippen molar-refractivity contribution in [2.24, 2.45) is 10.8 Å². The summed E-state index contributed by atoms with van der Waals surface area (Å²) >= 11 is 0. The fourth-order valence-electron chi connectivity index (χ4n) is 1.05. The standard InChI is InChI=1S/C8H7F2N5O2/c9-5-1-4(3-13-14-8(11)12)7(15(16)17)6(10)2-5/h1-3H,(H4,11,12,14). The molecule has 1 aromatic carbocycles. The van der Waals surface area contributed by atoms with Gasteiger partial charge in [0.25, 0.3) is 0 Å². The van der Waals surface area contributed by atoms with Gasteiger partial charge < -0.3 is 5.73 Å². The SMILES string of the molecule is N=C(N)NN=Cc1cc(F)cc(F)c1[N+](=O)[O-]. The molecule has 0 aromatic heterocycles. The maximum absolute atomic E-state index is 13.1. The fourth-order valence-corrected chi connectivity index (χ4v) is 1.05. The Morgan fingerprint density at radius 2 is 2.24 bits per heavy atom. The average molecular weight is 243 g/mol. The zero-order valence-corrected chi connectivity index (χ0v) is 8.28. The first-order valence-electron chi connectivity index (χ1n) is 4.18. The molecule has 0 unspecified atom stereocenters. The minimum atomic E-state index is -1.31. The Hall–Kier alpha value is -2.58. The van der Waals surface area contributed by atoms with Crippen molar-refractivity contribution < 1.29 is 13.7 Å². The third-order valence-corrected chi connectivity index (χ3v) is 1.63. The number of nitro benzene ring substituents is 1. The van der Waals surface area contributed by atoms with Crippen LogP contribution in [0, 0.1) is 27.2 Å². The average Bonchev–Trinajstić information content (AvgIpc) is 2.14. The second-order valence-corrected chi connectivity index (χ2v) is 2.87. The van der Waals surface area contributed by atoms with E-state index in [0.29, 0.717) is 6.07 Å². The van der Waals surface area contributed by atoms with E-state index in [1.807, 2.05) is 5.43 Å². The van der Waals surface area contributed by atoms with Gasteiger partial charge in [0, 0.05) is 6.07 Å². The molecule has 0 heterocycles. The first-order chi connectivity index (χ1) is 7.91. The molecule has 0 amide bonds. The van der Waals surface area contributed by atoms with E-state index in [1.54, 1.807) is 0 Å².